The molecule has 2 amide bonds. The van der Waals surface area contributed by atoms with Crippen LogP contribution >= 0.6 is 39.1 Å². The summed E-state index contributed by atoms with van der Waals surface area (Å²) in [7, 11) is 11.6. The monoisotopic (exact) mass is 984 g/mol. The van der Waals surface area contributed by atoms with Crippen LogP contribution in [0.4, 0.5) is 29.0 Å². The van der Waals surface area contributed by atoms with Gasteiger partial charge in [0.2, 0.25) is 35.5 Å². The number of aromatic nitrogens is 6. The molecule has 5 N–H and O–H groups in total. The SMILES string of the molecule is COc1ncc(Br)cc1CCCN(C)C.COc1ncc(Nc2ncc3c(n2)-c2ccc(Cl)cc2NC(=O)C3)cc1CCCN(C)C.Nc1ncc2c(n1)-c1ccc(Cl)cc1NC(=O)C2. The van der Waals surface area contributed by atoms with E-state index < -0.39 is 0 Å². The predicted molar refractivity (Wildman–Crippen MR) is 260 cm³/mol. The normalized spacial score (nSPS) is 12.4. The standard InChI is InChI=1S/C23H25ClN6O2.C12H9ClN4O.C11H17BrN2O/c1-30(2)8-4-5-14-9-17(13-25-22(14)32-3)27-23-26-12-15-10-20(31)28-19-11-16(24)6-7-18(19)21(15)29-23;13-7-1-2-8-9(4-7)16-10(18)3-6-5-15-12(14)17-11(6)8;1-14(2)6-4-5-9-7-10(12)8-13-11(9)15-3/h6-7,9,11-13H,4-5,8,10H2,1-3H3,(H,28,31)(H,26,27,29);1-2,4-5H,3H2,(H,16,18)(H2,14,15,17);7-8H,4-6H2,1-3H3. The number of ether oxygens (including phenoxy) is 2. The lowest BCUT2D eigenvalue weighted by molar-refractivity contribution is -0.116. The number of nitrogens with zero attached hydrogens (tertiary/aromatic N) is 8. The van der Waals surface area contributed by atoms with Gasteiger partial charge in [0.25, 0.3) is 0 Å². The number of carbonyl (C=O) groups is 2. The van der Waals surface area contributed by atoms with Gasteiger partial charge in [0, 0.05) is 66.5 Å². The Morgan fingerprint density at radius 1 is 0.692 bits per heavy atom. The summed E-state index contributed by atoms with van der Waals surface area (Å²) in [5, 5.41) is 10.0. The van der Waals surface area contributed by atoms with Crippen molar-refractivity contribution in [2.24, 2.45) is 0 Å². The molecule has 0 saturated carbocycles. The molecular formula is C46H51BrCl2N12O4. The molecule has 0 aliphatic carbocycles. The van der Waals surface area contributed by atoms with E-state index in [0.29, 0.717) is 44.6 Å². The molecule has 65 heavy (non-hydrogen) atoms. The topological polar surface area (TPSA) is 199 Å². The number of pyridine rings is 2. The first kappa shape index (κ1) is 48.5. The Bertz CT molecular complexity index is 2650. The van der Waals surface area contributed by atoms with Gasteiger partial charge in [0.15, 0.2) is 0 Å². The lowest BCUT2D eigenvalue weighted by Crippen LogP contribution is -2.13. The van der Waals surface area contributed by atoms with Gasteiger partial charge in [-0.25, -0.2) is 29.9 Å². The number of methoxy groups -OCH3 is 2. The number of nitrogen functional groups attached to an aromatic ring is 1. The Morgan fingerprint density at radius 2 is 1.20 bits per heavy atom. The van der Waals surface area contributed by atoms with Crippen molar-refractivity contribution in [2.75, 3.05) is 77.2 Å². The summed E-state index contributed by atoms with van der Waals surface area (Å²) in [6, 6.07) is 14.7. The summed E-state index contributed by atoms with van der Waals surface area (Å²) in [6.45, 7) is 2.06. The number of carbonyl (C=O) groups excluding carboxylic acids is 2. The number of aryl methyl sites for hydroxylation is 2. The Hall–Kier alpha value is -5.98. The first-order chi connectivity index (χ1) is 31.2. The van der Waals surface area contributed by atoms with Gasteiger partial charge < -0.3 is 41.0 Å². The van der Waals surface area contributed by atoms with Crippen LogP contribution in [0.1, 0.15) is 35.1 Å². The molecule has 340 valence electrons. The number of nitrogens with two attached hydrogens (primary N) is 1. The Morgan fingerprint density at radius 3 is 1.74 bits per heavy atom. The molecule has 4 aromatic heterocycles. The Kier molecular flexibility index (Phi) is 17.0. The van der Waals surface area contributed by atoms with E-state index in [9.17, 15) is 9.59 Å². The van der Waals surface area contributed by atoms with Crippen LogP contribution < -0.4 is 31.2 Å². The highest BCUT2D eigenvalue weighted by Gasteiger charge is 2.23. The Balaban J connectivity index is 0.000000179. The molecule has 0 fully saturated rings. The third-order valence-corrected chi connectivity index (χ3v) is 10.9. The highest BCUT2D eigenvalue weighted by atomic mass is 79.9. The van der Waals surface area contributed by atoms with Crippen molar-refractivity contribution in [3.63, 3.8) is 0 Å². The molecule has 0 atom stereocenters. The molecule has 0 unspecified atom stereocenters. The van der Waals surface area contributed by atoms with Crippen LogP contribution in [0.2, 0.25) is 10.0 Å². The average molecular weight is 987 g/mol. The van der Waals surface area contributed by atoms with Crippen LogP contribution in [0.5, 0.6) is 11.8 Å². The van der Waals surface area contributed by atoms with Crippen LogP contribution in [-0.4, -0.2) is 107 Å². The van der Waals surface area contributed by atoms with E-state index in [0.717, 1.165) is 88.2 Å². The number of halogens is 3. The van der Waals surface area contributed by atoms with Crippen molar-refractivity contribution >= 4 is 79.9 Å². The molecule has 8 rings (SSSR count). The molecule has 2 aliphatic heterocycles. The molecule has 2 aliphatic rings. The summed E-state index contributed by atoms with van der Waals surface area (Å²) < 4.78 is 11.6. The van der Waals surface area contributed by atoms with Gasteiger partial charge in [0.05, 0.1) is 61.7 Å². The van der Waals surface area contributed by atoms with Crippen LogP contribution in [0.25, 0.3) is 22.5 Å². The van der Waals surface area contributed by atoms with Crippen LogP contribution in [0.3, 0.4) is 0 Å². The van der Waals surface area contributed by atoms with E-state index in [2.05, 4.69) is 101 Å². The van der Waals surface area contributed by atoms with Gasteiger partial charge in [-0.3, -0.25) is 9.59 Å². The van der Waals surface area contributed by atoms with E-state index in [1.807, 2.05) is 18.2 Å². The molecule has 6 heterocycles. The zero-order valence-corrected chi connectivity index (χ0v) is 40.1. The summed E-state index contributed by atoms with van der Waals surface area (Å²) in [4.78, 5) is 54.3. The Labute approximate surface area is 396 Å². The van der Waals surface area contributed by atoms with Gasteiger partial charge in [-0.1, -0.05) is 23.2 Å². The first-order valence-corrected chi connectivity index (χ1v) is 22.2. The molecule has 6 aromatic rings. The number of hydrogen-bond acceptors (Lipinski definition) is 14. The van der Waals surface area contributed by atoms with Gasteiger partial charge in [-0.15, -0.1) is 0 Å². The molecule has 0 bridgehead atoms. The van der Waals surface area contributed by atoms with E-state index in [1.54, 1.807) is 63.3 Å². The molecule has 19 heteroatoms. The average Bonchev–Trinajstić information content (AvgIpc) is 3.48. The lowest BCUT2D eigenvalue weighted by atomic mass is 10.1. The molecule has 0 radical (unpaired) electrons. The number of nitrogens with one attached hydrogen (secondary N) is 3. The molecule has 2 aromatic carbocycles. The van der Waals surface area contributed by atoms with Crippen molar-refractivity contribution in [2.45, 2.75) is 38.5 Å². The maximum Gasteiger partial charge on any atom is 0.228 e. The largest absolute Gasteiger partial charge is 0.481 e. The minimum absolute atomic E-state index is 0.120. The number of rotatable bonds is 12. The third-order valence-electron chi connectivity index (χ3n) is 10.0. The second-order valence-electron chi connectivity index (χ2n) is 15.7. The smallest absolute Gasteiger partial charge is 0.228 e. The molecule has 16 nitrogen and oxygen atoms in total. The quantitative estimate of drug-likeness (QED) is 0.0916. The van der Waals surface area contributed by atoms with Crippen molar-refractivity contribution in [1.29, 1.82) is 0 Å². The van der Waals surface area contributed by atoms with Crippen molar-refractivity contribution in [3.05, 3.63) is 110 Å². The number of amides is 2. The minimum atomic E-state index is -0.127. The predicted octanol–water partition coefficient (Wildman–Crippen LogP) is 8.15. The number of fused-ring (bicyclic) bond motifs is 6. The lowest BCUT2D eigenvalue weighted by Gasteiger charge is -2.13. The maximum atomic E-state index is 12.3. The fourth-order valence-corrected chi connectivity index (χ4v) is 7.78. The zero-order chi connectivity index (χ0) is 46.6. The van der Waals surface area contributed by atoms with Crippen molar-refractivity contribution in [3.8, 4) is 34.3 Å². The van der Waals surface area contributed by atoms with E-state index in [-0.39, 0.29) is 30.6 Å². The zero-order valence-electron chi connectivity index (χ0n) is 37.0. The highest BCUT2D eigenvalue weighted by molar-refractivity contribution is 9.10. The second kappa shape index (κ2) is 22.8. The van der Waals surface area contributed by atoms with E-state index in [1.165, 1.54) is 0 Å². The van der Waals surface area contributed by atoms with Crippen molar-refractivity contribution < 1.29 is 19.1 Å². The van der Waals surface area contributed by atoms with E-state index >= 15 is 0 Å². The summed E-state index contributed by atoms with van der Waals surface area (Å²) in [5.74, 6) is 1.71. The van der Waals surface area contributed by atoms with Gasteiger partial charge in [0.1, 0.15) is 0 Å². The fraction of sp³-hybridized carbons (Fsp3) is 0.304. The third kappa shape index (κ3) is 13.5. The van der Waals surface area contributed by atoms with Gasteiger partial charge >= 0.3 is 0 Å². The number of anilines is 5. The molecular weight excluding hydrogens is 935 g/mol. The first-order valence-electron chi connectivity index (χ1n) is 20.6. The minimum Gasteiger partial charge on any atom is -0.481 e. The summed E-state index contributed by atoms with van der Waals surface area (Å²) in [6.07, 6.45) is 11.1. The van der Waals surface area contributed by atoms with Gasteiger partial charge in [-0.2, -0.15) is 0 Å². The fourth-order valence-electron chi connectivity index (χ4n) is 7.06. The molecule has 0 saturated heterocycles. The molecule has 0 spiro atoms. The van der Waals surface area contributed by atoms with Crippen LogP contribution in [0, 0.1) is 0 Å². The second-order valence-corrected chi connectivity index (χ2v) is 17.4. The van der Waals surface area contributed by atoms with Gasteiger partial charge in [-0.05, 0) is 131 Å². The maximum absolute atomic E-state index is 12.3. The number of hydrogen-bond donors (Lipinski definition) is 4. The number of benzene rings is 2. The highest BCUT2D eigenvalue weighted by Crippen LogP contribution is 2.36. The van der Waals surface area contributed by atoms with E-state index in [4.69, 9.17) is 43.4 Å². The van der Waals surface area contributed by atoms with Crippen molar-refractivity contribution in [1.82, 2.24) is 39.7 Å². The summed E-state index contributed by atoms with van der Waals surface area (Å²) in [5.41, 5.74) is 14.3. The van der Waals surface area contributed by atoms with Crippen LogP contribution in [0.15, 0.2) is 77.8 Å². The van der Waals surface area contributed by atoms with Crippen LogP contribution in [-0.2, 0) is 35.3 Å². The summed E-state index contributed by atoms with van der Waals surface area (Å²) >= 11 is 15.5.